The number of hydrogen-bond donors (Lipinski definition) is 1. The van der Waals surface area contributed by atoms with E-state index in [1.165, 1.54) is 38.4 Å². The molecule has 3 aromatic heterocycles. The fraction of sp³-hybridized carbons (Fsp3) is 0.444. The minimum Gasteiger partial charge on any atom is -0.478 e. The molecule has 0 spiro atoms. The maximum atomic E-state index is 15.5. The monoisotopic (exact) mass is 490 g/mol. The van der Waals surface area contributed by atoms with Crippen molar-refractivity contribution in [2.45, 2.75) is 38.6 Å². The summed E-state index contributed by atoms with van der Waals surface area (Å²) in [6.45, 7) is 6.49. The van der Waals surface area contributed by atoms with Crippen LogP contribution in [0, 0.1) is 5.82 Å². The zero-order valence-corrected chi connectivity index (χ0v) is 20.8. The predicted molar refractivity (Wildman–Crippen MR) is 139 cm³/mol. The summed E-state index contributed by atoms with van der Waals surface area (Å²) in [6, 6.07) is 4.98. The minimum atomic E-state index is -0.381. The quantitative estimate of drug-likeness (QED) is 0.406. The van der Waals surface area contributed by atoms with E-state index in [0.717, 1.165) is 29.4 Å². The van der Waals surface area contributed by atoms with Gasteiger partial charge in [-0.25, -0.2) is 14.2 Å². The molecule has 0 radical (unpaired) electrons. The van der Waals surface area contributed by atoms with E-state index in [2.05, 4.69) is 20.2 Å². The van der Waals surface area contributed by atoms with E-state index in [9.17, 15) is 4.79 Å². The molecule has 1 saturated heterocycles. The molecule has 0 amide bonds. The highest BCUT2D eigenvalue weighted by Gasteiger charge is 2.27. The second-order valence-electron chi connectivity index (χ2n) is 9.93. The van der Waals surface area contributed by atoms with Gasteiger partial charge in [-0.2, -0.15) is 0 Å². The Balaban J connectivity index is 1.32. The van der Waals surface area contributed by atoms with Crippen molar-refractivity contribution in [1.82, 2.24) is 24.0 Å². The Morgan fingerprint density at radius 3 is 2.78 bits per heavy atom. The van der Waals surface area contributed by atoms with Crippen LogP contribution >= 0.6 is 0 Å². The number of rotatable bonds is 6. The minimum absolute atomic E-state index is 0.101. The number of aryl methyl sites for hydroxylation is 1. The second-order valence-corrected chi connectivity index (χ2v) is 9.93. The van der Waals surface area contributed by atoms with Gasteiger partial charge in [-0.15, -0.1) is 0 Å². The average molecular weight is 491 g/mol. The molecule has 9 heteroatoms. The molecule has 4 aromatic rings. The maximum absolute atomic E-state index is 15.5. The number of piperidine rings is 1. The van der Waals surface area contributed by atoms with Gasteiger partial charge in [-0.3, -0.25) is 14.1 Å². The van der Waals surface area contributed by atoms with Gasteiger partial charge in [0.15, 0.2) is 0 Å². The number of halogens is 1. The Bertz CT molecular complexity index is 1490. The van der Waals surface area contributed by atoms with Crippen molar-refractivity contribution in [3.05, 3.63) is 46.9 Å². The first-order valence-electron chi connectivity index (χ1n) is 12.8. The number of ether oxygens (including phenoxy) is 1. The van der Waals surface area contributed by atoms with Crippen LogP contribution in [0.1, 0.15) is 38.6 Å². The molecule has 188 valence electrons. The zero-order chi connectivity index (χ0) is 24.8. The number of hydrogen-bond acceptors (Lipinski definition) is 6. The third-order valence-electron chi connectivity index (χ3n) is 7.52. The van der Waals surface area contributed by atoms with Crippen LogP contribution in [-0.4, -0.2) is 56.8 Å². The molecule has 5 heterocycles. The van der Waals surface area contributed by atoms with Crippen LogP contribution in [-0.2, 0) is 7.05 Å². The fourth-order valence-corrected chi connectivity index (χ4v) is 5.62. The number of likely N-dealkylation sites (tertiary alicyclic amines) is 1. The summed E-state index contributed by atoms with van der Waals surface area (Å²) in [5, 5.41) is 4.16. The Kier molecular flexibility index (Phi) is 5.87. The van der Waals surface area contributed by atoms with Crippen LogP contribution < -0.4 is 15.7 Å². The van der Waals surface area contributed by atoms with Crippen molar-refractivity contribution >= 4 is 27.6 Å². The first-order chi connectivity index (χ1) is 17.5. The molecule has 0 unspecified atom stereocenters. The average Bonchev–Trinajstić information content (AvgIpc) is 3.05. The Morgan fingerprint density at radius 1 is 1.17 bits per heavy atom. The number of benzene rings is 1. The largest absolute Gasteiger partial charge is 0.478 e. The van der Waals surface area contributed by atoms with Gasteiger partial charge in [0, 0.05) is 49.6 Å². The molecular weight excluding hydrogens is 459 g/mol. The van der Waals surface area contributed by atoms with E-state index in [0.29, 0.717) is 41.4 Å². The summed E-state index contributed by atoms with van der Waals surface area (Å²) in [4.78, 5) is 24.4. The summed E-state index contributed by atoms with van der Waals surface area (Å²) < 4.78 is 24.7. The van der Waals surface area contributed by atoms with Gasteiger partial charge in [-0.1, -0.05) is 6.42 Å². The van der Waals surface area contributed by atoms with Gasteiger partial charge in [0.25, 0.3) is 0 Å². The van der Waals surface area contributed by atoms with Gasteiger partial charge in [0.1, 0.15) is 5.82 Å². The van der Waals surface area contributed by atoms with E-state index < -0.39 is 0 Å². The van der Waals surface area contributed by atoms with E-state index in [1.54, 1.807) is 34.6 Å². The van der Waals surface area contributed by atoms with Crippen molar-refractivity contribution in [2.24, 2.45) is 7.05 Å². The third-order valence-corrected chi connectivity index (χ3v) is 7.52. The van der Waals surface area contributed by atoms with E-state index in [4.69, 9.17) is 4.74 Å². The van der Waals surface area contributed by atoms with Crippen LogP contribution in [0.5, 0.6) is 5.88 Å². The van der Waals surface area contributed by atoms with Gasteiger partial charge < -0.3 is 15.0 Å². The van der Waals surface area contributed by atoms with Gasteiger partial charge in [0.2, 0.25) is 5.88 Å². The van der Waals surface area contributed by atoms with Gasteiger partial charge in [-0.05, 0) is 45.3 Å². The molecule has 0 bridgehead atoms. The topological polar surface area (TPSA) is 77.2 Å². The molecule has 2 aliphatic heterocycles. The molecule has 2 aliphatic rings. The highest BCUT2D eigenvalue weighted by molar-refractivity contribution is 6.13. The first-order valence-corrected chi connectivity index (χ1v) is 12.8. The number of anilines is 1. The lowest BCUT2D eigenvalue weighted by molar-refractivity contribution is 0.203. The zero-order valence-electron chi connectivity index (χ0n) is 20.8. The molecule has 1 N–H and O–H groups in total. The maximum Gasteiger partial charge on any atom is 0.329 e. The van der Waals surface area contributed by atoms with Crippen LogP contribution in [0.25, 0.3) is 33.1 Å². The van der Waals surface area contributed by atoms with Crippen LogP contribution in [0.3, 0.4) is 0 Å². The Hall–Kier alpha value is -3.46. The number of nitrogens with one attached hydrogen (secondary N) is 1. The molecule has 1 fully saturated rings. The second kappa shape index (κ2) is 9.20. The summed E-state index contributed by atoms with van der Waals surface area (Å²) >= 11 is 0. The standard InChI is InChI=1S/C27H31FN6O2/c1-17-14-31-25-23(18-7-8-22(30-15-18)36-12-6-11-33-9-4-3-5-10-33)19(28)13-20-24(25)26-21(16-29-20)32(2)27(35)34(17)26/h7-8,13,15-17,31H,3-6,9-12,14H2,1-2H3/t17-/m1/s1. The highest BCUT2D eigenvalue weighted by atomic mass is 19.1. The molecule has 0 saturated carbocycles. The molecule has 1 aromatic carbocycles. The molecule has 1 atom stereocenters. The van der Waals surface area contributed by atoms with Crippen molar-refractivity contribution in [3.63, 3.8) is 0 Å². The lowest BCUT2D eigenvalue weighted by Gasteiger charge is -2.26. The van der Waals surface area contributed by atoms with Crippen molar-refractivity contribution in [2.75, 3.05) is 38.1 Å². The fourth-order valence-electron chi connectivity index (χ4n) is 5.62. The van der Waals surface area contributed by atoms with E-state index >= 15 is 4.39 Å². The molecule has 0 aliphatic carbocycles. The summed E-state index contributed by atoms with van der Waals surface area (Å²) in [7, 11) is 1.75. The summed E-state index contributed by atoms with van der Waals surface area (Å²) in [5.41, 5.74) is 3.64. The molecule has 36 heavy (non-hydrogen) atoms. The molecular formula is C27H31FN6O2. The van der Waals surface area contributed by atoms with Crippen molar-refractivity contribution in [1.29, 1.82) is 0 Å². The van der Waals surface area contributed by atoms with Crippen LogP contribution in [0.15, 0.2) is 35.4 Å². The smallest absolute Gasteiger partial charge is 0.329 e. The van der Waals surface area contributed by atoms with E-state index in [1.807, 2.05) is 13.0 Å². The first kappa shape index (κ1) is 23.0. The highest BCUT2D eigenvalue weighted by Crippen LogP contribution is 2.41. The molecule has 6 rings (SSSR count). The number of imidazole rings is 1. The normalized spacial score (nSPS) is 18.0. The van der Waals surface area contributed by atoms with Crippen LogP contribution in [0.2, 0.25) is 0 Å². The number of nitrogens with zero attached hydrogens (tertiary/aromatic N) is 5. The van der Waals surface area contributed by atoms with Crippen LogP contribution in [0.4, 0.5) is 10.1 Å². The van der Waals surface area contributed by atoms with Gasteiger partial charge in [0.05, 0.1) is 46.5 Å². The number of aromatic nitrogens is 4. The predicted octanol–water partition coefficient (Wildman–Crippen LogP) is 4.33. The summed E-state index contributed by atoms with van der Waals surface area (Å²) in [5.74, 6) is 0.153. The SMILES string of the molecule is C[C@@H]1CNc2c(-c3ccc(OCCCN4CCCCC4)nc3)c(F)cc3ncc4c(c23)n1c(=O)n4C. The van der Waals surface area contributed by atoms with E-state index in [-0.39, 0.29) is 17.5 Å². The Morgan fingerprint density at radius 2 is 2.00 bits per heavy atom. The Labute approximate surface area is 208 Å². The lowest BCUT2D eigenvalue weighted by Crippen LogP contribution is -2.31. The summed E-state index contributed by atoms with van der Waals surface area (Å²) in [6.07, 6.45) is 8.17. The van der Waals surface area contributed by atoms with Crippen molar-refractivity contribution < 1.29 is 9.13 Å². The van der Waals surface area contributed by atoms with Crippen molar-refractivity contribution in [3.8, 4) is 17.0 Å². The molecule has 8 nitrogen and oxygen atoms in total. The lowest BCUT2D eigenvalue weighted by atomic mass is 10.00. The number of pyridine rings is 2. The van der Waals surface area contributed by atoms with Gasteiger partial charge >= 0.3 is 5.69 Å². The third kappa shape index (κ3) is 3.82.